The van der Waals surface area contributed by atoms with E-state index in [1.54, 1.807) is 12.3 Å². The zero-order valence-electron chi connectivity index (χ0n) is 14.0. The van der Waals surface area contributed by atoms with Crippen molar-refractivity contribution in [3.8, 4) is 0 Å². The summed E-state index contributed by atoms with van der Waals surface area (Å²) in [6.07, 6.45) is 4.59. The van der Waals surface area contributed by atoms with Crippen LogP contribution in [0, 0.1) is 5.92 Å². The summed E-state index contributed by atoms with van der Waals surface area (Å²) < 4.78 is 1.82. The molecule has 1 aliphatic heterocycles. The minimum atomic E-state index is 0.0880. The van der Waals surface area contributed by atoms with E-state index in [2.05, 4.69) is 22.1 Å². The van der Waals surface area contributed by atoms with Crippen molar-refractivity contribution in [1.29, 1.82) is 0 Å². The third-order valence-electron chi connectivity index (χ3n) is 5.13. The number of nitrogens with zero attached hydrogens (tertiary/aromatic N) is 4. The van der Waals surface area contributed by atoms with Gasteiger partial charge in [-0.1, -0.05) is 28.4 Å². The van der Waals surface area contributed by atoms with Gasteiger partial charge in [-0.25, -0.2) is 4.68 Å². The van der Waals surface area contributed by atoms with E-state index in [1.165, 1.54) is 0 Å². The molecule has 7 heteroatoms. The number of hydrogen-bond acceptors (Lipinski definition) is 4. The van der Waals surface area contributed by atoms with Crippen molar-refractivity contribution >= 4 is 29.0 Å². The van der Waals surface area contributed by atoms with Gasteiger partial charge in [0.15, 0.2) is 5.78 Å². The Kier molecular flexibility index (Phi) is 4.56. The first-order valence-corrected chi connectivity index (χ1v) is 9.41. The molecule has 1 atom stereocenters. The van der Waals surface area contributed by atoms with Crippen LogP contribution in [0.15, 0.2) is 24.4 Å². The molecule has 0 spiro atoms. The number of aromatic nitrogens is 3. The van der Waals surface area contributed by atoms with Gasteiger partial charge in [0.2, 0.25) is 0 Å². The van der Waals surface area contributed by atoms with E-state index in [-0.39, 0.29) is 11.8 Å². The fourth-order valence-corrected chi connectivity index (χ4v) is 3.83. The van der Waals surface area contributed by atoms with Gasteiger partial charge >= 0.3 is 0 Å². The maximum atomic E-state index is 12.4. The van der Waals surface area contributed by atoms with E-state index in [0.717, 1.165) is 36.5 Å². The number of halogens is 2. The van der Waals surface area contributed by atoms with Crippen LogP contribution in [0.3, 0.4) is 0 Å². The van der Waals surface area contributed by atoms with Crippen molar-refractivity contribution in [3.05, 3.63) is 45.7 Å². The van der Waals surface area contributed by atoms with Gasteiger partial charge in [0.1, 0.15) is 5.69 Å². The van der Waals surface area contributed by atoms with Gasteiger partial charge in [-0.3, -0.25) is 9.69 Å². The number of carbonyl (C=O) groups is 1. The third kappa shape index (κ3) is 3.59. The zero-order chi connectivity index (χ0) is 17.6. The highest BCUT2D eigenvalue weighted by atomic mass is 35.5. The molecule has 4 rings (SSSR count). The van der Waals surface area contributed by atoms with E-state index < -0.39 is 0 Å². The Morgan fingerprint density at radius 1 is 1.32 bits per heavy atom. The summed E-state index contributed by atoms with van der Waals surface area (Å²) in [4.78, 5) is 14.7. The molecule has 1 aromatic heterocycles. The third-order valence-corrected chi connectivity index (χ3v) is 5.71. The minimum Gasteiger partial charge on any atom is -0.296 e. The molecule has 1 aromatic carbocycles. The molecule has 25 heavy (non-hydrogen) atoms. The fraction of sp³-hybridized carbons (Fsp3) is 0.500. The van der Waals surface area contributed by atoms with Gasteiger partial charge in [-0.05, 0) is 49.4 Å². The van der Waals surface area contributed by atoms with E-state index in [0.29, 0.717) is 29.1 Å². The topological polar surface area (TPSA) is 51.0 Å². The lowest BCUT2D eigenvalue weighted by Gasteiger charge is -2.43. The zero-order valence-corrected chi connectivity index (χ0v) is 15.5. The summed E-state index contributed by atoms with van der Waals surface area (Å²) in [6, 6.07) is 6.19. The highest BCUT2D eigenvalue weighted by Gasteiger charge is 2.34. The molecule has 0 unspecified atom stereocenters. The molecule has 132 valence electrons. The lowest BCUT2D eigenvalue weighted by Crippen LogP contribution is -2.48. The molecular weight excluding hydrogens is 359 g/mol. The first kappa shape index (κ1) is 17.0. The quantitative estimate of drug-likeness (QED) is 0.707. The molecule has 2 fully saturated rings. The number of Topliss-reactive ketones (excluding diaryl/α,β-unsaturated/α-hetero) is 1. The molecule has 1 saturated carbocycles. The van der Waals surface area contributed by atoms with Crippen molar-refractivity contribution in [2.75, 3.05) is 13.1 Å². The van der Waals surface area contributed by atoms with Crippen LogP contribution >= 0.6 is 23.2 Å². The summed E-state index contributed by atoms with van der Waals surface area (Å²) in [7, 11) is 0. The van der Waals surface area contributed by atoms with E-state index in [9.17, 15) is 4.79 Å². The van der Waals surface area contributed by atoms with Crippen LogP contribution in [0.5, 0.6) is 0 Å². The average Bonchev–Trinajstić information content (AvgIpc) is 3.29. The van der Waals surface area contributed by atoms with Crippen molar-refractivity contribution in [1.82, 2.24) is 19.9 Å². The second-order valence-corrected chi connectivity index (χ2v) is 7.95. The van der Waals surface area contributed by atoms with Crippen LogP contribution in [0.4, 0.5) is 0 Å². The van der Waals surface area contributed by atoms with Crippen molar-refractivity contribution in [2.45, 2.75) is 38.3 Å². The van der Waals surface area contributed by atoms with Gasteiger partial charge in [0.25, 0.3) is 0 Å². The summed E-state index contributed by atoms with van der Waals surface area (Å²) in [6.45, 7) is 3.88. The first-order valence-electron chi connectivity index (χ1n) is 8.65. The van der Waals surface area contributed by atoms with E-state index >= 15 is 0 Å². The predicted octanol–water partition coefficient (Wildman–Crippen LogP) is 4.19. The maximum Gasteiger partial charge on any atom is 0.185 e. The van der Waals surface area contributed by atoms with Crippen molar-refractivity contribution in [2.24, 2.45) is 5.92 Å². The Morgan fingerprint density at radius 2 is 2.08 bits per heavy atom. The lowest BCUT2D eigenvalue weighted by molar-refractivity contribution is 0.0502. The number of hydrogen-bond donors (Lipinski definition) is 0. The molecule has 0 N–H and O–H groups in total. The van der Waals surface area contributed by atoms with Gasteiger partial charge in [0.05, 0.1) is 12.2 Å². The summed E-state index contributed by atoms with van der Waals surface area (Å²) in [5.41, 5.74) is 1.53. The van der Waals surface area contributed by atoms with Crippen LogP contribution in [0.25, 0.3) is 0 Å². The molecule has 5 nitrogen and oxygen atoms in total. The van der Waals surface area contributed by atoms with Crippen molar-refractivity contribution < 1.29 is 4.79 Å². The Hall–Kier alpha value is -1.43. The molecule has 1 saturated heterocycles. The Morgan fingerprint density at radius 3 is 2.80 bits per heavy atom. The second kappa shape index (κ2) is 6.71. The monoisotopic (exact) mass is 378 g/mol. The number of benzene rings is 1. The summed E-state index contributed by atoms with van der Waals surface area (Å²) in [5, 5.41) is 9.51. The normalized spacial score (nSPS) is 19.6. The number of carbonyl (C=O) groups excluding carboxylic acids is 1. The first-order chi connectivity index (χ1) is 12.0. The van der Waals surface area contributed by atoms with Crippen LogP contribution in [-0.4, -0.2) is 38.8 Å². The van der Waals surface area contributed by atoms with Crippen molar-refractivity contribution in [3.63, 3.8) is 0 Å². The molecular formula is C18H20Cl2N4O. The fourth-order valence-electron chi connectivity index (χ4n) is 3.38. The van der Waals surface area contributed by atoms with Gasteiger partial charge in [-0.2, -0.15) is 0 Å². The lowest BCUT2D eigenvalue weighted by atomic mass is 9.90. The van der Waals surface area contributed by atoms with Crippen LogP contribution in [0.2, 0.25) is 10.0 Å². The summed E-state index contributed by atoms with van der Waals surface area (Å²) >= 11 is 12.4. The largest absolute Gasteiger partial charge is 0.296 e. The Bertz CT molecular complexity index is 796. The molecule has 2 aromatic rings. The number of ketones is 1. The number of likely N-dealkylation sites (tertiary alicyclic amines) is 1. The Balaban J connectivity index is 1.32. The molecule has 0 radical (unpaired) electrons. The highest BCUT2D eigenvalue weighted by molar-refractivity contribution is 6.33. The van der Waals surface area contributed by atoms with Crippen LogP contribution in [-0.2, 0) is 0 Å². The standard InChI is InChI=1S/C18H20Cl2N4O/c1-11(15-7-13(19)2-5-16(15)20)23-8-12(9-23)6-18(25)17-10-24(22-21-17)14-3-4-14/h2,5,7,10-12,14H,3-4,6,8-9H2,1H3/t11-/m1/s1. The molecule has 2 heterocycles. The number of rotatable bonds is 6. The van der Waals surface area contributed by atoms with Crippen LogP contribution in [0.1, 0.15) is 54.3 Å². The highest BCUT2D eigenvalue weighted by Crippen LogP contribution is 2.36. The molecule has 2 aliphatic rings. The SMILES string of the molecule is C[C@H](c1cc(Cl)ccc1Cl)N1CC(CC(=O)c2cn(C3CC3)nn2)C1. The Labute approximate surface area is 156 Å². The molecule has 1 aliphatic carbocycles. The van der Waals surface area contributed by atoms with Gasteiger partial charge < -0.3 is 0 Å². The maximum absolute atomic E-state index is 12.4. The van der Waals surface area contributed by atoms with Gasteiger partial charge in [0, 0.05) is 35.6 Å². The smallest absolute Gasteiger partial charge is 0.185 e. The van der Waals surface area contributed by atoms with E-state index in [1.807, 2.05) is 16.8 Å². The average molecular weight is 379 g/mol. The van der Waals surface area contributed by atoms with E-state index in [4.69, 9.17) is 23.2 Å². The minimum absolute atomic E-state index is 0.0880. The molecule has 0 bridgehead atoms. The van der Waals surface area contributed by atoms with Gasteiger partial charge in [-0.15, -0.1) is 5.10 Å². The predicted molar refractivity (Wildman–Crippen MR) is 97.2 cm³/mol. The van der Waals surface area contributed by atoms with Crippen LogP contribution < -0.4 is 0 Å². The molecule has 0 amide bonds. The summed E-state index contributed by atoms with van der Waals surface area (Å²) in [5.74, 6) is 0.448. The second-order valence-electron chi connectivity index (χ2n) is 7.10.